The molecule has 2 rings (SSSR count). The fourth-order valence-electron chi connectivity index (χ4n) is 2.08. The first kappa shape index (κ1) is 15.1. The summed E-state index contributed by atoms with van der Waals surface area (Å²) in [5.74, 6) is -1.33. The van der Waals surface area contributed by atoms with Crippen molar-refractivity contribution in [2.75, 3.05) is 18.9 Å². The number of hydrogen-bond donors (Lipinski definition) is 3. The van der Waals surface area contributed by atoms with Crippen LogP contribution in [-0.2, 0) is 14.3 Å². The molecule has 112 valence electrons. The average molecular weight is 290 g/mol. The van der Waals surface area contributed by atoms with E-state index < -0.39 is 17.4 Å². The van der Waals surface area contributed by atoms with Crippen molar-refractivity contribution in [3.8, 4) is 0 Å². The number of nitrogens with one attached hydrogen (secondary N) is 1. The second-order valence-corrected chi connectivity index (χ2v) is 5.30. The lowest BCUT2D eigenvalue weighted by atomic mass is 9.85. The first-order chi connectivity index (χ1) is 9.91. The van der Waals surface area contributed by atoms with Crippen LogP contribution in [-0.4, -0.2) is 36.2 Å². The molecule has 0 aliphatic carbocycles. The van der Waals surface area contributed by atoms with E-state index in [-0.39, 0.29) is 19.1 Å². The molecule has 1 saturated heterocycles. The van der Waals surface area contributed by atoms with Gasteiger partial charge in [-0.2, -0.15) is 0 Å². The fraction of sp³-hybridized carbons (Fsp3) is 0.333. The van der Waals surface area contributed by atoms with Crippen LogP contribution in [0, 0.1) is 5.41 Å². The Morgan fingerprint density at radius 1 is 1.43 bits per heavy atom. The molecular weight excluding hydrogens is 272 g/mol. The Labute approximate surface area is 122 Å². The fourth-order valence-corrected chi connectivity index (χ4v) is 2.08. The second kappa shape index (κ2) is 5.97. The van der Waals surface area contributed by atoms with Gasteiger partial charge in [-0.05, 0) is 30.7 Å². The van der Waals surface area contributed by atoms with Crippen LogP contribution in [0.5, 0.6) is 0 Å². The van der Waals surface area contributed by atoms with Gasteiger partial charge in [0.25, 0.3) is 0 Å². The van der Waals surface area contributed by atoms with Crippen molar-refractivity contribution in [3.63, 3.8) is 0 Å². The maximum absolute atomic E-state index is 11.9. The highest BCUT2D eigenvalue weighted by Crippen LogP contribution is 2.28. The number of hydrogen-bond acceptors (Lipinski definition) is 4. The highest BCUT2D eigenvalue weighted by molar-refractivity contribution is 5.92. The average Bonchev–Trinajstić information content (AvgIpc) is 2.81. The summed E-state index contributed by atoms with van der Waals surface area (Å²) >= 11 is 0. The molecule has 1 aliphatic heterocycles. The first-order valence-corrected chi connectivity index (χ1v) is 6.57. The van der Waals surface area contributed by atoms with E-state index in [1.807, 2.05) is 0 Å². The van der Waals surface area contributed by atoms with Crippen molar-refractivity contribution in [3.05, 3.63) is 35.9 Å². The number of anilines is 1. The number of benzene rings is 1. The van der Waals surface area contributed by atoms with E-state index in [4.69, 9.17) is 10.5 Å². The highest BCUT2D eigenvalue weighted by Gasteiger charge is 2.47. The van der Waals surface area contributed by atoms with E-state index in [1.54, 1.807) is 37.3 Å². The molecule has 1 amide bonds. The third-order valence-corrected chi connectivity index (χ3v) is 3.62. The molecule has 1 fully saturated rings. The van der Waals surface area contributed by atoms with E-state index in [0.29, 0.717) is 5.69 Å². The molecule has 6 nitrogen and oxygen atoms in total. The van der Waals surface area contributed by atoms with E-state index in [0.717, 1.165) is 5.56 Å². The molecule has 1 aliphatic rings. The summed E-state index contributed by atoms with van der Waals surface area (Å²) in [6, 6.07) is 6.52. The molecule has 0 bridgehead atoms. The largest absolute Gasteiger partial charge is 0.481 e. The Balaban J connectivity index is 1.98. The molecule has 0 radical (unpaired) electrons. The van der Waals surface area contributed by atoms with Crippen molar-refractivity contribution in [1.29, 1.82) is 0 Å². The van der Waals surface area contributed by atoms with Crippen molar-refractivity contribution in [2.45, 2.75) is 13.0 Å². The minimum atomic E-state index is -1.09. The third-order valence-electron chi connectivity index (χ3n) is 3.62. The van der Waals surface area contributed by atoms with E-state index in [1.165, 1.54) is 6.08 Å². The summed E-state index contributed by atoms with van der Waals surface area (Å²) in [6.07, 6.45) is 3.01. The standard InChI is InChI=1S/C15H18N2O4/c1-15(14(19)20)9-21-8-12(15)17-13(18)7-4-10-2-5-11(16)6-3-10/h2-7,12H,8-9,16H2,1H3,(H,17,18)(H,19,20)/b7-4+. The Hall–Kier alpha value is -2.34. The molecule has 2 atom stereocenters. The summed E-state index contributed by atoms with van der Waals surface area (Å²) in [4.78, 5) is 23.1. The van der Waals surface area contributed by atoms with Crippen LogP contribution >= 0.6 is 0 Å². The Bertz CT molecular complexity index is 568. The summed E-state index contributed by atoms with van der Waals surface area (Å²) in [5.41, 5.74) is 5.97. The summed E-state index contributed by atoms with van der Waals surface area (Å²) in [6.45, 7) is 1.86. The lowest BCUT2D eigenvalue weighted by molar-refractivity contribution is -0.148. The number of nitrogens with two attached hydrogens (primary N) is 1. The minimum absolute atomic E-state index is 0.0922. The van der Waals surface area contributed by atoms with Crippen LogP contribution in [0.2, 0.25) is 0 Å². The quantitative estimate of drug-likeness (QED) is 0.564. The minimum Gasteiger partial charge on any atom is -0.481 e. The van der Waals surface area contributed by atoms with Gasteiger partial charge in [-0.15, -0.1) is 0 Å². The van der Waals surface area contributed by atoms with Crippen LogP contribution in [0.1, 0.15) is 12.5 Å². The Morgan fingerprint density at radius 3 is 2.71 bits per heavy atom. The van der Waals surface area contributed by atoms with Crippen LogP contribution in [0.4, 0.5) is 5.69 Å². The molecule has 0 aromatic heterocycles. The summed E-state index contributed by atoms with van der Waals surface area (Å²) in [5, 5.41) is 11.9. The van der Waals surface area contributed by atoms with Crippen LogP contribution in [0.3, 0.4) is 0 Å². The Morgan fingerprint density at radius 2 is 2.10 bits per heavy atom. The molecule has 2 unspecified atom stereocenters. The number of carboxylic acids is 1. The summed E-state index contributed by atoms with van der Waals surface area (Å²) in [7, 11) is 0. The number of aliphatic carboxylic acids is 1. The number of rotatable bonds is 4. The van der Waals surface area contributed by atoms with Crippen LogP contribution in [0.25, 0.3) is 6.08 Å². The zero-order valence-electron chi connectivity index (χ0n) is 11.7. The zero-order valence-corrected chi connectivity index (χ0v) is 11.7. The van der Waals surface area contributed by atoms with Gasteiger partial charge in [-0.25, -0.2) is 0 Å². The van der Waals surface area contributed by atoms with Gasteiger partial charge >= 0.3 is 5.97 Å². The van der Waals surface area contributed by atoms with Gasteiger partial charge in [0.1, 0.15) is 5.41 Å². The number of carbonyl (C=O) groups excluding carboxylic acids is 1. The lowest BCUT2D eigenvalue weighted by Gasteiger charge is -2.24. The molecule has 1 heterocycles. The van der Waals surface area contributed by atoms with Crippen molar-refractivity contribution < 1.29 is 19.4 Å². The van der Waals surface area contributed by atoms with Crippen LogP contribution in [0.15, 0.2) is 30.3 Å². The predicted octanol–water partition coefficient (Wildman–Crippen LogP) is 0.888. The van der Waals surface area contributed by atoms with Gasteiger partial charge in [-0.1, -0.05) is 12.1 Å². The molecule has 0 spiro atoms. The number of ether oxygens (including phenoxy) is 1. The maximum Gasteiger partial charge on any atom is 0.313 e. The molecule has 1 aromatic carbocycles. The second-order valence-electron chi connectivity index (χ2n) is 5.30. The monoisotopic (exact) mass is 290 g/mol. The van der Waals surface area contributed by atoms with Gasteiger partial charge < -0.3 is 20.9 Å². The molecule has 4 N–H and O–H groups in total. The van der Waals surface area contributed by atoms with Gasteiger partial charge in [0.2, 0.25) is 5.91 Å². The molecule has 6 heteroatoms. The van der Waals surface area contributed by atoms with Crippen LogP contribution < -0.4 is 11.1 Å². The topological polar surface area (TPSA) is 102 Å². The van der Waals surface area contributed by atoms with E-state index in [9.17, 15) is 14.7 Å². The van der Waals surface area contributed by atoms with Gasteiger partial charge in [0.15, 0.2) is 0 Å². The lowest BCUT2D eigenvalue weighted by Crippen LogP contribution is -2.49. The van der Waals surface area contributed by atoms with Gasteiger partial charge in [-0.3, -0.25) is 9.59 Å². The van der Waals surface area contributed by atoms with Crippen molar-refractivity contribution >= 4 is 23.6 Å². The normalized spacial score (nSPS) is 25.1. The van der Waals surface area contributed by atoms with Crippen molar-refractivity contribution in [1.82, 2.24) is 5.32 Å². The molecule has 21 heavy (non-hydrogen) atoms. The SMILES string of the molecule is CC1(C(=O)O)COCC1NC(=O)/C=C/c1ccc(N)cc1. The third kappa shape index (κ3) is 3.41. The molecular formula is C15H18N2O4. The summed E-state index contributed by atoms with van der Waals surface area (Å²) < 4.78 is 5.18. The molecule has 0 saturated carbocycles. The number of nitrogen functional groups attached to an aromatic ring is 1. The zero-order chi connectivity index (χ0) is 15.5. The van der Waals surface area contributed by atoms with E-state index >= 15 is 0 Å². The predicted molar refractivity (Wildman–Crippen MR) is 78.4 cm³/mol. The first-order valence-electron chi connectivity index (χ1n) is 6.57. The Kier molecular flexibility index (Phi) is 4.28. The molecule has 1 aromatic rings. The van der Waals surface area contributed by atoms with E-state index in [2.05, 4.69) is 5.32 Å². The van der Waals surface area contributed by atoms with Gasteiger partial charge in [0.05, 0.1) is 19.3 Å². The number of amides is 1. The smallest absolute Gasteiger partial charge is 0.313 e. The van der Waals surface area contributed by atoms with Crippen molar-refractivity contribution in [2.24, 2.45) is 5.41 Å². The van der Waals surface area contributed by atoms with Gasteiger partial charge in [0, 0.05) is 11.8 Å². The maximum atomic E-state index is 11.9. The number of carbonyl (C=O) groups is 2. The highest BCUT2D eigenvalue weighted by atomic mass is 16.5. The number of carboxylic acid groups (broad SMARTS) is 1.